The van der Waals surface area contributed by atoms with Gasteiger partial charge in [0.15, 0.2) is 0 Å². The van der Waals surface area contributed by atoms with Crippen molar-refractivity contribution >= 4 is 17.3 Å². The largest absolute Gasteiger partial charge is 0.497 e. The van der Waals surface area contributed by atoms with E-state index in [0.29, 0.717) is 24.6 Å². The minimum Gasteiger partial charge on any atom is -0.497 e. The Balaban J connectivity index is 1.75. The maximum Gasteiger partial charge on any atom is 0.244 e. The average molecular weight is 355 g/mol. The summed E-state index contributed by atoms with van der Waals surface area (Å²) in [4.78, 5) is 16.9. The smallest absolute Gasteiger partial charge is 0.244 e. The molecule has 2 aromatic rings. The lowest BCUT2D eigenvalue weighted by molar-refractivity contribution is -0.121. The molecule has 1 saturated heterocycles. The van der Waals surface area contributed by atoms with Crippen molar-refractivity contribution in [2.45, 2.75) is 19.0 Å². The van der Waals surface area contributed by atoms with Crippen molar-refractivity contribution in [3.8, 4) is 11.5 Å². The highest BCUT2D eigenvalue weighted by Gasteiger charge is 2.35. The van der Waals surface area contributed by atoms with Crippen molar-refractivity contribution in [3.63, 3.8) is 0 Å². The molecule has 1 heterocycles. The van der Waals surface area contributed by atoms with Gasteiger partial charge >= 0.3 is 0 Å². The van der Waals surface area contributed by atoms with Crippen LogP contribution in [-0.4, -0.2) is 44.7 Å². The van der Waals surface area contributed by atoms with Crippen LogP contribution in [0.1, 0.15) is 12.0 Å². The van der Waals surface area contributed by atoms with Crippen LogP contribution < -0.4 is 20.1 Å². The number of hydrogen-bond acceptors (Lipinski definition) is 5. The second-order valence-electron chi connectivity index (χ2n) is 6.53. The number of carbonyl (C=O) groups is 1. The van der Waals surface area contributed by atoms with Gasteiger partial charge in [-0.15, -0.1) is 0 Å². The fraction of sp³-hybridized carbons (Fsp3) is 0.350. The average Bonchev–Trinajstić information content (AvgIpc) is 3.02. The number of rotatable bonds is 6. The fourth-order valence-electron chi connectivity index (χ4n) is 3.37. The predicted molar refractivity (Wildman–Crippen MR) is 103 cm³/mol. The molecular formula is C20H25N3O3. The van der Waals surface area contributed by atoms with E-state index in [9.17, 15) is 4.79 Å². The zero-order valence-corrected chi connectivity index (χ0v) is 15.4. The van der Waals surface area contributed by atoms with E-state index in [1.807, 2.05) is 43.4 Å². The molecule has 138 valence electrons. The molecule has 0 bridgehead atoms. The highest BCUT2D eigenvalue weighted by molar-refractivity contribution is 5.99. The first-order valence-electron chi connectivity index (χ1n) is 8.61. The number of benzene rings is 2. The van der Waals surface area contributed by atoms with E-state index in [-0.39, 0.29) is 11.9 Å². The Morgan fingerprint density at radius 1 is 1.15 bits per heavy atom. The topological polar surface area (TPSA) is 68.0 Å². The molecule has 0 aromatic heterocycles. The van der Waals surface area contributed by atoms with Gasteiger partial charge in [-0.25, -0.2) is 0 Å². The van der Waals surface area contributed by atoms with Crippen molar-refractivity contribution in [2.24, 2.45) is 0 Å². The molecule has 1 fully saturated rings. The number of hydrogen-bond donors (Lipinski definition) is 1. The summed E-state index contributed by atoms with van der Waals surface area (Å²) in [6.07, 6.45) is 0.775. The third-order valence-corrected chi connectivity index (χ3v) is 4.74. The molecule has 2 aromatic carbocycles. The van der Waals surface area contributed by atoms with E-state index < -0.39 is 0 Å². The first-order valence-corrected chi connectivity index (χ1v) is 8.61. The number of nitrogens with two attached hydrogens (primary N) is 1. The molecule has 2 N–H and O–H groups in total. The zero-order valence-electron chi connectivity index (χ0n) is 15.4. The van der Waals surface area contributed by atoms with E-state index >= 15 is 0 Å². The van der Waals surface area contributed by atoms with E-state index in [1.165, 1.54) is 0 Å². The van der Waals surface area contributed by atoms with Gasteiger partial charge in [-0.05, 0) is 31.2 Å². The van der Waals surface area contributed by atoms with Crippen LogP contribution in [0.4, 0.5) is 11.4 Å². The van der Waals surface area contributed by atoms with Gasteiger partial charge in [0.25, 0.3) is 0 Å². The Labute approximate surface area is 154 Å². The Hall–Kier alpha value is -2.73. The number of amides is 1. The maximum atomic E-state index is 13.0. The van der Waals surface area contributed by atoms with Gasteiger partial charge in [-0.1, -0.05) is 12.1 Å². The van der Waals surface area contributed by atoms with Crippen molar-refractivity contribution < 1.29 is 14.3 Å². The molecule has 0 aliphatic carbocycles. The standard InChI is InChI=1S/C20H25N3O3/c1-22(13-14-5-4-6-15(21)9-14)19-7-8-23(20(19)24)16-10-17(25-2)12-18(11-16)26-3/h4-6,9-12,19H,7-8,13,21H2,1-3H3. The third kappa shape index (κ3) is 3.75. The summed E-state index contributed by atoms with van der Waals surface area (Å²) in [7, 11) is 5.18. The highest BCUT2D eigenvalue weighted by Crippen LogP contribution is 2.32. The van der Waals surface area contributed by atoms with Crippen molar-refractivity contribution in [3.05, 3.63) is 48.0 Å². The first-order chi connectivity index (χ1) is 12.5. The molecule has 0 radical (unpaired) electrons. The van der Waals surface area contributed by atoms with Crippen LogP contribution in [0.2, 0.25) is 0 Å². The Morgan fingerprint density at radius 3 is 2.46 bits per heavy atom. The molecule has 3 rings (SSSR count). The van der Waals surface area contributed by atoms with Crippen LogP contribution in [0.3, 0.4) is 0 Å². The summed E-state index contributed by atoms with van der Waals surface area (Å²) in [6.45, 7) is 1.35. The molecule has 1 atom stereocenters. The van der Waals surface area contributed by atoms with Crippen LogP contribution in [0.15, 0.2) is 42.5 Å². The zero-order chi connectivity index (χ0) is 18.7. The van der Waals surface area contributed by atoms with Crippen molar-refractivity contribution in [1.82, 2.24) is 4.90 Å². The summed E-state index contributed by atoms with van der Waals surface area (Å²) in [5, 5.41) is 0. The second kappa shape index (κ2) is 7.66. The van der Waals surface area contributed by atoms with Gasteiger partial charge in [0.1, 0.15) is 11.5 Å². The molecule has 1 unspecified atom stereocenters. The van der Waals surface area contributed by atoms with Crippen molar-refractivity contribution in [2.75, 3.05) is 38.4 Å². The molecule has 1 aliphatic rings. The molecule has 6 heteroatoms. The van der Waals surface area contributed by atoms with E-state index in [0.717, 1.165) is 23.4 Å². The molecule has 26 heavy (non-hydrogen) atoms. The summed E-state index contributed by atoms with van der Waals surface area (Å²) >= 11 is 0. The lowest BCUT2D eigenvalue weighted by atomic mass is 10.1. The molecule has 1 amide bonds. The van der Waals surface area contributed by atoms with Crippen LogP contribution in [0.5, 0.6) is 11.5 Å². The quantitative estimate of drug-likeness (QED) is 0.807. The number of anilines is 2. The first kappa shape index (κ1) is 18.1. The maximum absolute atomic E-state index is 13.0. The monoisotopic (exact) mass is 355 g/mol. The van der Waals surface area contributed by atoms with Crippen molar-refractivity contribution in [1.29, 1.82) is 0 Å². The lowest BCUT2D eigenvalue weighted by Gasteiger charge is -2.24. The summed E-state index contributed by atoms with van der Waals surface area (Å²) in [6, 6.07) is 13.1. The SMILES string of the molecule is COc1cc(OC)cc(N2CCC(N(C)Cc3cccc(N)c3)C2=O)c1. The summed E-state index contributed by atoms with van der Waals surface area (Å²) in [5.74, 6) is 1.43. The summed E-state index contributed by atoms with van der Waals surface area (Å²) < 4.78 is 10.6. The van der Waals surface area contributed by atoms with E-state index in [1.54, 1.807) is 25.2 Å². The normalized spacial score (nSPS) is 17.0. The number of carbonyl (C=O) groups excluding carboxylic acids is 1. The van der Waals surface area contributed by atoms with Crippen LogP contribution in [0, 0.1) is 0 Å². The Morgan fingerprint density at radius 2 is 1.85 bits per heavy atom. The van der Waals surface area contributed by atoms with Crippen LogP contribution >= 0.6 is 0 Å². The minimum absolute atomic E-state index is 0.0895. The van der Waals surface area contributed by atoms with Gasteiger partial charge in [0.2, 0.25) is 5.91 Å². The Kier molecular flexibility index (Phi) is 5.32. The Bertz CT molecular complexity index is 771. The number of ether oxygens (including phenoxy) is 2. The van der Waals surface area contributed by atoms with Gasteiger partial charge in [-0.3, -0.25) is 9.69 Å². The fourth-order valence-corrected chi connectivity index (χ4v) is 3.37. The van der Waals surface area contributed by atoms with Crippen LogP contribution in [0.25, 0.3) is 0 Å². The third-order valence-electron chi connectivity index (χ3n) is 4.74. The molecule has 0 saturated carbocycles. The van der Waals surface area contributed by atoms with Gasteiger partial charge in [-0.2, -0.15) is 0 Å². The number of nitrogens with zero attached hydrogens (tertiary/aromatic N) is 2. The summed E-state index contributed by atoms with van der Waals surface area (Å²) in [5.41, 5.74) is 8.48. The van der Waals surface area contributed by atoms with Gasteiger partial charge in [0, 0.05) is 37.0 Å². The van der Waals surface area contributed by atoms with Gasteiger partial charge in [0.05, 0.1) is 25.9 Å². The number of nitrogen functional groups attached to an aromatic ring is 1. The minimum atomic E-state index is -0.159. The lowest BCUT2D eigenvalue weighted by Crippen LogP contribution is -2.39. The van der Waals surface area contributed by atoms with Crippen LogP contribution in [-0.2, 0) is 11.3 Å². The van der Waals surface area contributed by atoms with E-state index in [2.05, 4.69) is 4.90 Å². The van der Waals surface area contributed by atoms with E-state index in [4.69, 9.17) is 15.2 Å². The molecule has 6 nitrogen and oxygen atoms in total. The number of likely N-dealkylation sites (N-methyl/N-ethyl adjacent to an activating group) is 1. The second-order valence-corrected chi connectivity index (χ2v) is 6.53. The molecular weight excluding hydrogens is 330 g/mol. The molecule has 1 aliphatic heterocycles. The predicted octanol–water partition coefficient (Wildman–Crippen LogP) is 2.52. The van der Waals surface area contributed by atoms with Gasteiger partial charge < -0.3 is 20.1 Å². The molecule has 0 spiro atoms. The number of methoxy groups -OCH3 is 2. The highest BCUT2D eigenvalue weighted by atomic mass is 16.5.